The molecule has 33 heavy (non-hydrogen) atoms. The predicted molar refractivity (Wildman–Crippen MR) is 150 cm³/mol. The molecule has 0 aliphatic heterocycles. The Labute approximate surface area is 213 Å². The second-order valence-electron chi connectivity index (χ2n) is 7.92. The summed E-state index contributed by atoms with van der Waals surface area (Å²) in [5.74, 6) is 1.52. The van der Waals surface area contributed by atoms with Gasteiger partial charge in [-0.2, -0.15) is 0 Å². The molecule has 0 spiro atoms. The largest absolute Gasteiger partial charge is 0.480 e. The van der Waals surface area contributed by atoms with E-state index < -0.39 is 0 Å². The average Bonchev–Trinajstić information content (AvgIpc) is 3.40. The quantitative estimate of drug-likeness (QED) is 0.110. The first-order valence-corrected chi connectivity index (χ1v) is 15.8. The van der Waals surface area contributed by atoms with Gasteiger partial charge in [-0.1, -0.05) is 111 Å². The summed E-state index contributed by atoms with van der Waals surface area (Å²) in [7, 11) is 7.43. The van der Waals surface area contributed by atoms with Crippen LogP contribution in [0, 0.1) is 5.92 Å². The SMILES string of the molecule is c1ccc(/N=C(/CC(SSc2ccccc2)SSc2ccccc2)OCC2CCCC2)cc1. The van der Waals surface area contributed by atoms with E-state index in [0.717, 1.165) is 24.6 Å². The van der Waals surface area contributed by atoms with Crippen molar-refractivity contribution in [2.75, 3.05) is 6.61 Å². The average molecular weight is 512 g/mol. The van der Waals surface area contributed by atoms with Crippen molar-refractivity contribution in [2.45, 2.75) is 46.5 Å². The van der Waals surface area contributed by atoms with Crippen LogP contribution in [-0.2, 0) is 4.74 Å². The van der Waals surface area contributed by atoms with Gasteiger partial charge in [-0.3, -0.25) is 0 Å². The van der Waals surface area contributed by atoms with Crippen molar-refractivity contribution < 1.29 is 4.74 Å². The van der Waals surface area contributed by atoms with Crippen molar-refractivity contribution in [1.82, 2.24) is 0 Å². The topological polar surface area (TPSA) is 21.6 Å². The highest BCUT2D eigenvalue weighted by Gasteiger charge is 2.20. The smallest absolute Gasteiger partial charge is 0.190 e. The molecule has 1 saturated carbocycles. The van der Waals surface area contributed by atoms with Crippen LogP contribution < -0.4 is 0 Å². The number of aliphatic imine (C=N–C) groups is 1. The first-order chi connectivity index (χ1) is 16.3. The first-order valence-electron chi connectivity index (χ1n) is 11.4. The van der Waals surface area contributed by atoms with Crippen LogP contribution in [0.25, 0.3) is 0 Å². The number of para-hydroxylation sites is 1. The molecule has 1 aliphatic carbocycles. The Balaban J connectivity index is 1.46. The van der Waals surface area contributed by atoms with Gasteiger partial charge in [0.1, 0.15) is 0 Å². The van der Waals surface area contributed by atoms with Crippen LogP contribution in [0.3, 0.4) is 0 Å². The second-order valence-corrected chi connectivity index (χ2v) is 13.2. The van der Waals surface area contributed by atoms with E-state index in [0.29, 0.717) is 10.5 Å². The zero-order valence-electron chi connectivity index (χ0n) is 18.5. The van der Waals surface area contributed by atoms with Crippen molar-refractivity contribution in [3.63, 3.8) is 0 Å². The number of nitrogens with zero attached hydrogens (tertiary/aromatic N) is 1. The van der Waals surface area contributed by atoms with Gasteiger partial charge in [0.15, 0.2) is 5.90 Å². The summed E-state index contributed by atoms with van der Waals surface area (Å²) in [6.07, 6.45) is 6.00. The normalized spacial score (nSPS) is 14.6. The molecule has 1 aliphatic rings. The molecule has 6 heteroatoms. The van der Waals surface area contributed by atoms with Crippen molar-refractivity contribution >= 4 is 54.8 Å². The van der Waals surface area contributed by atoms with E-state index in [2.05, 4.69) is 60.7 Å². The minimum Gasteiger partial charge on any atom is -0.480 e. The van der Waals surface area contributed by atoms with E-state index in [1.54, 1.807) is 0 Å². The van der Waals surface area contributed by atoms with E-state index in [9.17, 15) is 0 Å². The minimum atomic E-state index is 0.298. The molecule has 0 amide bonds. The summed E-state index contributed by atoms with van der Waals surface area (Å²) in [4.78, 5) is 7.46. The van der Waals surface area contributed by atoms with Gasteiger partial charge in [-0.15, -0.1) is 0 Å². The summed E-state index contributed by atoms with van der Waals surface area (Å²) >= 11 is 0. The van der Waals surface area contributed by atoms with Gasteiger partial charge < -0.3 is 4.74 Å². The molecule has 0 saturated heterocycles. The molecule has 0 N–H and O–H groups in total. The zero-order valence-corrected chi connectivity index (χ0v) is 21.8. The number of benzene rings is 3. The lowest BCUT2D eigenvalue weighted by molar-refractivity contribution is 0.235. The lowest BCUT2D eigenvalue weighted by Gasteiger charge is -2.18. The number of rotatable bonds is 11. The maximum atomic E-state index is 6.37. The molecule has 172 valence electrons. The number of hydrogen-bond donors (Lipinski definition) is 0. The standard InChI is InChI=1S/C27H29NOS4/c1-4-14-23(15-5-1)28-26(29-21-22-12-10-11-13-22)20-27(32-30-24-16-6-2-7-17-24)33-31-25-18-8-3-9-19-25/h1-9,14-19,22,27H,10-13,20-21H2/b28-26-. The van der Waals surface area contributed by atoms with Crippen LogP contribution in [-0.4, -0.2) is 17.1 Å². The van der Waals surface area contributed by atoms with Crippen LogP contribution >= 0.6 is 43.2 Å². The molecule has 0 heterocycles. The maximum Gasteiger partial charge on any atom is 0.190 e. The second kappa shape index (κ2) is 14.1. The number of ether oxygens (including phenoxy) is 1. The summed E-state index contributed by atoms with van der Waals surface area (Å²) < 4.78 is 6.67. The van der Waals surface area contributed by atoms with Crippen LogP contribution in [0.1, 0.15) is 32.1 Å². The van der Waals surface area contributed by atoms with E-state index in [4.69, 9.17) is 9.73 Å². The van der Waals surface area contributed by atoms with Gasteiger partial charge in [0.2, 0.25) is 0 Å². The van der Waals surface area contributed by atoms with Gasteiger partial charge >= 0.3 is 0 Å². The molecular weight excluding hydrogens is 483 g/mol. The molecule has 3 aromatic rings. The maximum absolute atomic E-state index is 6.37. The molecule has 0 radical (unpaired) electrons. The molecule has 3 aromatic carbocycles. The fraction of sp³-hybridized carbons (Fsp3) is 0.296. The van der Waals surface area contributed by atoms with Gasteiger partial charge in [-0.05, 0) is 55.2 Å². The predicted octanol–water partition coefficient (Wildman–Crippen LogP) is 9.52. The Morgan fingerprint density at radius 2 is 1.27 bits per heavy atom. The summed E-state index contributed by atoms with van der Waals surface area (Å²) in [5, 5.41) is 0. The van der Waals surface area contributed by atoms with E-state index in [1.165, 1.54) is 35.5 Å². The minimum absolute atomic E-state index is 0.298. The lowest BCUT2D eigenvalue weighted by atomic mass is 10.1. The van der Waals surface area contributed by atoms with Crippen molar-refractivity contribution in [3.05, 3.63) is 91.0 Å². The Bertz CT molecular complexity index is 920. The highest BCUT2D eigenvalue weighted by Crippen LogP contribution is 2.47. The summed E-state index contributed by atoms with van der Waals surface area (Å²) in [6, 6.07) is 31.4. The Morgan fingerprint density at radius 1 is 0.758 bits per heavy atom. The zero-order chi connectivity index (χ0) is 22.6. The highest BCUT2D eigenvalue weighted by atomic mass is 33.1. The van der Waals surface area contributed by atoms with Gasteiger partial charge in [0.05, 0.1) is 16.9 Å². The van der Waals surface area contributed by atoms with E-state index in [-0.39, 0.29) is 0 Å². The molecule has 0 unspecified atom stereocenters. The molecular formula is C27H29NOS4. The summed E-state index contributed by atoms with van der Waals surface area (Å²) in [5.41, 5.74) is 0.957. The van der Waals surface area contributed by atoms with Gasteiger partial charge in [0, 0.05) is 16.2 Å². The Morgan fingerprint density at radius 3 is 1.82 bits per heavy atom. The van der Waals surface area contributed by atoms with Crippen LogP contribution in [0.5, 0.6) is 0 Å². The third kappa shape index (κ3) is 9.01. The molecule has 0 bridgehead atoms. The van der Waals surface area contributed by atoms with Crippen LogP contribution in [0.15, 0.2) is 106 Å². The van der Waals surface area contributed by atoms with Crippen LogP contribution in [0.2, 0.25) is 0 Å². The molecule has 0 aromatic heterocycles. The highest BCUT2D eigenvalue weighted by molar-refractivity contribution is 8.85. The fourth-order valence-electron chi connectivity index (χ4n) is 3.57. The van der Waals surface area contributed by atoms with Crippen molar-refractivity contribution in [3.8, 4) is 0 Å². The lowest BCUT2D eigenvalue weighted by Crippen LogP contribution is -2.15. The van der Waals surface area contributed by atoms with Gasteiger partial charge in [-0.25, -0.2) is 4.99 Å². The third-order valence-corrected chi connectivity index (χ3v) is 11.6. The van der Waals surface area contributed by atoms with E-state index >= 15 is 0 Å². The third-order valence-electron chi connectivity index (χ3n) is 5.30. The Hall–Kier alpha value is -1.47. The molecule has 1 fully saturated rings. The monoisotopic (exact) mass is 511 g/mol. The summed E-state index contributed by atoms with van der Waals surface area (Å²) in [6.45, 7) is 0.783. The molecule has 0 atom stereocenters. The molecule has 2 nitrogen and oxygen atoms in total. The Kier molecular flexibility index (Phi) is 10.5. The fourth-order valence-corrected chi connectivity index (χ4v) is 9.34. The van der Waals surface area contributed by atoms with Gasteiger partial charge in [0.25, 0.3) is 0 Å². The van der Waals surface area contributed by atoms with Crippen molar-refractivity contribution in [1.29, 1.82) is 0 Å². The van der Waals surface area contributed by atoms with Crippen LogP contribution in [0.4, 0.5) is 5.69 Å². The van der Waals surface area contributed by atoms with E-state index in [1.807, 2.05) is 73.5 Å². The number of hydrogen-bond acceptors (Lipinski definition) is 6. The molecule has 4 rings (SSSR count). The first kappa shape index (κ1) is 24.6. The van der Waals surface area contributed by atoms with Crippen molar-refractivity contribution in [2.24, 2.45) is 10.9 Å².